The number of methoxy groups -OCH3 is 1. The molecule has 0 N–H and O–H groups in total. The number of ether oxygens (including phenoxy) is 1. The summed E-state index contributed by atoms with van der Waals surface area (Å²) in [6.07, 6.45) is 4.77. The van der Waals surface area contributed by atoms with Crippen molar-refractivity contribution < 1.29 is 13.9 Å². The molecule has 0 atom stereocenters. The van der Waals surface area contributed by atoms with Gasteiger partial charge < -0.3 is 19.0 Å². The molecule has 4 heterocycles. The quantitative estimate of drug-likeness (QED) is 0.357. The van der Waals surface area contributed by atoms with E-state index < -0.39 is 0 Å². The second-order valence-electron chi connectivity index (χ2n) is 7.40. The molecule has 1 aliphatic heterocycles. The van der Waals surface area contributed by atoms with Crippen LogP contribution in [-0.2, 0) is 11.3 Å². The van der Waals surface area contributed by atoms with Gasteiger partial charge in [-0.3, -0.25) is 4.79 Å². The molecule has 0 aliphatic carbocycles. The van der Waals surface area contributed by atoms with E-state index in [2.05, 4.69) is 48.6 Å². The number of oxazole rings is 1. The van der Waals surface area contributed by atoms with E-state index in [0.717, 1.165) is 33.5 Å². The summed E-state index contributed by atoms with van der Waals surface area (Å²) in [6.45, 7) is 2.89. The Bertz CT molecular complexity index is 1250. The Hall–Kier alpha value is -3.15. The highest BCUT2D eigenvalue weighted by Crippen LogP contribution is 2.28. The number of hydrogen-bond acceptors (Lipinski definition) is 7. The maximum atomic E-state index is 13.1. The Morgan fingerprint density at radius 1 is 1.16 bits per heavy atom. The van der Waals surface area contributed by atoms with E-state index in [1.54, 1.807) is 24.2 Å². The predicted molar refractivity (Wildman–Crippen MR) is 128 cm³/mol. The second-order valence-corrected chi connectivity index (χ2v) is 8.57. The van der Waals surface area contributed by atoms with Gasteiger partial charge in [0.05, 0.1) is 22.3 Å². The summed E-state index contributed by atoms with van der Waals surface area (Å²) >= 11 is 2.26. The summed E-state index contributed by atoms with van der Waals surface area (Å²) in [5.41, 5.74) is 2.33. The number of amides is 1. The van der Waals surface area contributed by atoms with Crippen LogP contribution in [0.15, 0.2) is 53.4 Å². The molecule has 0 spiro atoms. The van der Waals surface area contributed by atoms with Crippen molar-refractivity contribution in [3.8, 4) is 17.3 Å². The maximum Gasteiger partial charge on any atom is 0.245 e. The van der Waals surface area contributed by atoms with Gasteiger partial charge in [0.2, 0.25) is 11.8 Å². The molecular weight excluding hydrogens is 523 g/mol. The number of benzene rings is 1. The average Bonchev–Trinajstić information content (AvgIpc) is 3.47. The third-order valence-corrected chi connectivity index (χ3v) is 6.46. The van der Waals surface area contributed by atoms with Gasteiger partial charge in [-0.1, -0.05) is 0 Å². The Morgan fingerprint density at radius 2 is 2.00 bits per heavy atom. The van der Waals surface area contributed by atoms with Crippen LogP contribution in [0.5, 0.6) is 5.75 Å². The number of pyridine rings is 1. The summed E-state index contributed by atoms with van der Waals surface area (Å²) in [5, 5.41) is 5.33. The molecule has 5 rings (SSSR count). The second kappa shape index (κ2) is 8.77. The van der Waals surface area contributed by atoms with Gasteiger partial charge >= 0.3 is 0 Å². The van der Waals surface area contributed by atoms with Gasteiger partial charge in [-0.05, 0) is 46.9 Å². The van der Waals surface area contributed by atoms with Crippen molar-refractivity contribution in [1.29, 1.82) is 0 Å². The molecule has 1 aliphatic rings. The molecule has 4 aromatic rings. The number of halogens is 1. The lowest BCUT2D eigenvalue weighted by molar-refractivity contribution is -0.132. The minimum atomic E-state index is 0.00505. The number of fused-ring (bicyclic) bond motifs is 1. The van der Waals surface area contributed by atoms with Crippen molar-refractivity contribution in [2.45, 2.75) is 6.54 Å². The normalized spacial score (nSPS) is 14.2. The van der Waals surface area contributed by atoms with Crippen LogP contribution < -0.4 is 9.64 Å². The van der Waals surface area contributed by atoms with Crippen molar-refractivity contribution in [2.75, 3.05) is 38.2 Å². The first-order valence-corrected chi connectivity index (χ1v) is 11.3. The minimum Gasteiger partial charge on any atom is -0.496 e. The van der Waals surface area contributed by atoms with Crippen LogP contribution in [0.3, 0.4) is 0 Å². The van der Waals surface area contributed by atoms with Crippen LogP contribution in [0.25, 0.3) is 22.6 Å². The smallest absolute Gasteiger partial charge is 0.245 e. The van der Waals surface area contributed by atoms with Crippen LogP contribution in [0, 0.1) is 3.57 Å². The molecule has 3 aromatic heterocycles. The van der Waals surface area contributed by atoms with E-state index in [9.17, 15) is 4.79 Å². The number of nitrogens with zero attached hydrogens (tertiary/aromatic N) is 6. The third-order valence-electron chi connectivity index (χ3n) is 5.57. The third kappa shape index (κ3) is 3.90. The summed E-state index contributed by atoms with van der Waals surface area (Å²) < 4.78 is 13.7. The number of aromatic nitrogens is 4. The van der Waals surface area contributed by atoms with Crippen molar-refractivity contribution in [2.24, 2.45) is 0 Å². The largest absolute Gasteiger partial charge is 0.496 e. The highest BCUT2D eigenvalue weighted by atomic mass is 127. The van der Waals surface area contributed by atoms with E-state index in [-0.39, 0.29) is 12.5 Å². The Kier molecular flexibility index (Phi) is 5.68. The summed E-state index contributed by atoms with van der Waals surface area (Å²) in [5.74, 6) is 1.29. The number of rotatable bonds is 5. The molecule has 1 saturated heterocycles. The molecule has 0 unspecified atom stereocenters. The Balaban J connectivity index is 1.31. The molecule has 0 saturated carbocycles. The van der Waals surface area contributed by atoms with Gasteiger partial charge in [-0.15, -0.1) is 0 Å². The molecule has 1 amide bonds. The molecule has 0 bridgehead atoms. The monoisotopic (exact) mass is 544 g/mol. The van der Waals surface area contributed by atoms with Gasteiger partial charge in [0.15, 0.2) is 5.65 Å². The highest BCUT2D eigenvalue weighted by molar-refractivity contribution is 14.1. The molecule has 9 nitrogen and oxygen atoms in total. The zero-order valence-corrected chi connectivity index (χ0v) is 19.6. The lowest BCUT2D eigenvalue weighted by atomic mass is 10.2. The summed E-state index contributed by atoms with van der Waals surface area (Å²) in [4.78, 5) is 25.8. The summed E-state index contributed by atoms with van der Waals surface area (Å²) in [7, 11) is 1.68. The molecular formula is C22H21IN6O3. The van der Waals surface area contributed by atoms with E-state index in [1.807, 2.05) is 29.2 Å². The first-order chi connectivity index (χ1) is 15.6. The van der Waals surface area contributed by atoms with Crippen LogP contribution >= 0.6 is 22.6 Å². The van der Waals surface area contributed by atoms with Gasteiger partial charge in [-0.25, -0.2) is 14.6 Å². The molecule has 1 fully saturated rings. The van der Waals surface area contributed by atoms with Gasteiger partial charge in [-0.2, -0.15) is 5.10 Å². The van der Waals surface area contributed by atoms with Crippen molar-refractivity contribution in [3.05, 3.63) is 52.6 Å². The number of piperazine rings is 1. The maximum absolute atomic E-state index is 13.1. The van der Waals surface area contributed by atoms with Crippen LogP contribution in [0.4, 0.5) is 5.69 Å². The first kappa shape index (κ1) is 20.7. The highest BCUT2D eigenvalue weighted by Gasteiger charge is 2.25. The van der Waals surface area contributed by atoms with E-state index >= 15 is 0 Å². The number of anilines is 1. The fourth-order valence-corrected chi connectivity index (χ4v) is 4.49. The molecule has 164 valence electrons. The van der Waals surface area contributed by atoms with E-state index in [4.69, 9.17) is 9.15 Å². The topological polar surface area (TPSA) is 89.5 Å². The van der Waals surface area contributed by atoms with E-state index in [0.29, 0.717) is 30.3 Å². The van der Waals surface area contributed by atoms with E-state index in [1.165, 1.54) is 6.26 Å². The number of hydrogen-bond donors (Lipinski definition) is 0. The molecule has 1 aromatic carbocycles. The number of carbonyl (C=O) groups excluding carboxylic acids is 1. The van der Waals surface area contributed by atoms with Gasteiger partial charge in [0, 0.05) is 44.1 Å². The Morgan fingerprint density at radius 3 is 2.75 bits per heavy atom. The number of carbonyl (C=O) groups is 1. The zero-order valence-electron chi connectivity index (χ0n) is 17.4. The van der Waals surface area contributed by atoms with Crippen molar-refractivity contribution in [1.82, 2.24) is 24.6 Å². The Labute approximate surface area is 198 Å². The lowest BCUT2D eigenvalue weighted by Gasteiger charge is -2.36. The molecule has 32 heavy (non-hydrogen) atoms. The predicted octanol–water partition coefficient (Wildman–Crippen LogP) is 3.05. The lowest BCUT2D eigenvalue weighted by Crippen LogP contribution is -2.49. The first-order valence-electron chi connectivity index (χ1n) is 10.2. The van der Waals surface area contributed by atoms with Crippen molar-refractivity contribution >= 4 is 45.2 Å². The zero-order chi connectivity index (χ0) is 22.1. The fourth-order valence-electron chi connectivity index (χ4n) is 3.93. The van der Waals surface area contributed by atoms with Crippen LogP contribution in [0.1, 0.15) is 0 Å². The van der Waals surface area contributed by atoms with Gasteiger partial charge in [0.1, 0.15) is 24.3 Å². The average molecular weight is 544 g/mol. The fraction of sp³-hybridized carbons (Fsp3) is 0.273. The SMILES string of the molecule is COc1cc(N2CCN(C(=O)Cn3nc4ncccc4c3-c3ncco3)CC2)ccc1I. The summed E-state index contributed by atoms with van der Waals surface area (Å²) in [6, 6.07) is 9.93. The standard InChI is InChI=1S/C22H21IN6O3/c1-31-18-13-15(4-5-17(18)23)27-8-10-28(11-9-27)19(30)14-29-20(22-25-7-12-32-22)16-3-2-6-24-21(16)26-29/h2-7,12-13H,8-11,14H2,1H3. The van der Waals surface area contributed by atoms with Crippen LogP contribution in [-0.4, -0.2) is 63.8 Å². The van der Waals surface area contributed by atoms with Crippen LogP contribution in [0.2, 0.25) is 0 Å². The molecule has 10 heteroatoms. The van der Waals surface area contributed by atoms with Gasteiger partial charge in [0.25, 0.3) is 0 Å². The minimum absolute atomic E-state index is 0.00505. The molecule has 0 radical (unpaired) electrons. The van der Waals surface area contributed by atoms with Crippen molar-refractivity contribution in [3.63, 3.8) is 0 Å².